The molecule has 0 saturated carbocycles. The van der Waals surface area contributed by atoms with Crippen molar-refractivity contribution in [3.63, 3.8) is 0 Å². The molecule has 1 saturated heterocycles. The molecule has 2 atom stereocenters. The van der Waals surface area contributed by atoms with E-state index in [4.69, 9.17) is 18.9 Å². The first-order valence-corrected chi connectivity index (χ1v) is 12.3. The normalized spacial score (nSPS) is 23.7. The monoisotopic (exact) mass is 469 g/mol. The van der Waals surface area contributed by atoms with Crippen molar-refractivity contribution in [3.05, 3.63) is 71.3 Å². The van der Waals surface area contributed by atoms with Crippen molar-refractivity contribution in [2.24, 2.45) is 0 Å². The summed E-state index contributed by atoms with van der Waals surface area (Å²) in [5.74, 6) is 2.48. The summed E-state index contributed by atoms with van der Waals surface area (Å²) in [4.78, 5) is 16.4. The molecule has 3 aromatic rings. The highest BCUT2D eigenvalue weighted by Crippen LogP contribution is 2.56. The van der Waals surface area contributed by atoms with E-state index in [1.807, 2.05) is 29.2 Å². The van der Waals surface area contributed by atoms with Crippen molar-refractivity contribution < 1.29 is 23.7 Å². The molecule has 35 heavy (non-hydrogen) atoms. The number of carbonyl (C=O) groups is 1. The van der Waals surface area contributed by atoms with E-state index in [-0.39, 0.29) is 18.6 Å². The van der Waals surface area contributed by atoms with Crippen LogP contribution in [0, 0.1) is 0 Å². The third-order valence-electron chi connectivity index (χ3n) is 7.88. The minimum Gasteiger partial charge on any atom is -0.497 e. The third-order valence-corrected chi connectivity index (χ3v) is 7.88. The second-order valence-electron chi connectivity index (χ2n) is 9.73. The second-order valence-corrected chi connectivity index (χ2v) is 9.73. The van der Waals surface area contributed by atoms with Crippen LogP contribution in [0.5, 0.6) is 17.2 Å². The number of carbonyl (C=O) groups excluding carboxylic acids is 1. The van der Waals surface area contributed by atoms with Gasteiger partial charge in [-0.25, -0.2) is 0 Å². The molecule has 6 nitrogen and oxygen atoms in total. The van der Waals surface area contributed by atoms with Crippen molar-refractivity contribution in [2.75, 3.05) is 38.4 Å². The van der Waals surface area contributed by atoms with E-state index in [1.54, 1.807) is 7.11 Å². The van der Waals surface area contributed by atoms with Crippen LogP contribution in [0.25, 0.3) is 11.1 Å². The van der Waals surface area contributed by atoms with Crippen LogP contribution in [-0.4, -0.2) is 45.5 Å². The summed E-state index contributed by atoms with van der Waals surface area (Å²) in [6.07, 6.45) is 2.91. The minimum atomic E-state index is -0.891. The van der Waals surface area contributed by atoms with Gasteiger partial charge in [-0.05, 0) is 53.8 Å². The zero-order valence-corrected chi connectivity index (χ0v) is 19.7. The molecule has 1 amide bonds. The third kappa shape index (κ3) is 2.96. The molecule has 0 aliphatic carbocycles. The molecule has 0 N–H and O–H groups in total. The molecule has 4 aliphatic rings. The average Bonchev–Trinajstić information content (AvgIpc) is 3.68. The molecule has 0 aromatic heterocycles. The largest absolute Gasteiger partial charge is 0.497 e. The molecule has 2 unspecified atom stereocenters. The van der Waals surface area contributed by atoms with E-state index in [9.17, 15) is 4.79 Å². The molecule has 1 fully saturated rings. The summed E-state index contributed by atoms with van der Waals surface area (Å²) in [5, 5.41) is 0. The van der Waals surface area contributed by atoms with Crippen molar-refractivity contribution in [1.82, 2.24) is 0 Å². The summed E-state index contributed by atoms with van der Waals surface area (Å²) in [6.45, 7) is 2.27. The van der Waals surface area contributed by atoms with Gasteiger partial charge in [0.2, 0.25) is 5.91 Å². The fourth-order valence-corrected chi connectivity index (χ4v) is 6.15. The maximum Gasteiger partial charge on any atom is 0.245 e. The van der Waals surface area contributed by atoms with Gasteiger partial charge >= 0.3 is 0 Å². The van der Waals surface area contributed by atoms with Crippen molar-refractivity contribution >= 4 is 11.6 Å². The molecule has 178 valence electrons. The van der Waals surface area contributed by atoms with Crippen LogP contribution in [0.15, 0.2) is 54.6 Å². The average molecular weight is 470 g/mol. The van der Waals surface area contributed by atoms with Crippen molar-refractivity contribution in [1.29, 1.82) is 0 Å². The quantitative estimate of drug-likeness (QED) is 0.563. The number of amides is 1. The topological polar surface area (TPSA) is 57.2 Å². The Morgan fingerprint density at radius 1 is 1.06 bits per heavy atom. The number of rotatable bonds is 4. The van der Waals surface area contributed by atoms with Gasteiger partial charge in [0.25, 0.3) is 0 Å². The van der Waals surface area contributed by atoms with Crippen LogP contribution in [0.2, 0.25) is 0 Å². The lowest BCUT2D eigenvalue weighted by atomic mass is 9.73. The summed E-state index contributed by atoms with van der Waals surface area (Å²) in [5.41, 5.74) is 5.26. The van der Waals surface area contributed by atoms with Gasteiger partial charge < -0.3 is 23.8 Å². The van der Waals surface area contributed by atoms with Gasteiger partial charge in [0, 0.05) is 35.9 Å². The fraction of sp³-hybridized carbons (Fsp3) is 0.345. The van der Waals surface area contributed by atoms with Crippen molar-refractivity contribution in [2.45, 2.75) is 30.8 Å². The Kier molecular flexibility index (Phi) is 4.61. The Morgan fingerprint density at radius 2 is 1.94 bits per heavy atom. The Hall–Kier alpha value is -3.51. The van der Waals surface area contributed by atoms with Crippen LogP contribution in [0.3, 0.4) is 0 Å². The van der Waals surface area contributed by atoms with Crippen LogP contribution >= 0.6 is 0 Å². The van der Waals surface area contributed by atoms with Gasteiger partial charge in [-0.3, -0.25) is 4.79 Å². The summed E-state index contributed by atoms with van der Waals surface area (Å²) in [6, 6.07) is 18.4. The van der Waals surface area contributed by atoms with Crippen LogP contribution in [0.1, 0.15) is 29.5 Å². The molecule has 6 heteroatoms. The number of benzene rings is 3. The first-order chi connectivity index (χ1) is 17.2. The molecule has 1 spiro atoms. The summed E-state index contributed by atoms with van der Waals surface area (Å²) >= 11 is 0. The van der Waals surface area contributed by atoms with E-state index < -0.39 is 5.41 Å². The number of hydrogen-bond donors (Lipinski definition) is 0. The zero-order chi connectivity index (χ0) is 23.6. The van der Waals surface area contributed by atoms with Gasteiger partial charge in [0.15, 0.2) is 0 Å². The first kappa shape index (κ1) is 20.8. The number of anilines is 1. The van der Waals surface area contributed by atoms with Gasteiger partial charge in [0.1, 0.15) is 29.3 Å². The SMILES string of the molecule is COc1ccc(-c2cccc3c2C2(COc4cc5c(cc42)CCO5)C(=O)N3CC2CCCO2)cc1. The standard InChI is InChI=1S/C29H27NO5/c1-32-20-9-7-18(8-10-20)22-5-2-6-24-27(22)29(28(31)30(24)16-21-4-3-12-33-21)17-35-26-15-25-19(11-13-34-25)14-23(26)29/h2,5-10,14-15,21H,3-4,11-13,16-17H2,1H3. The Bertz CT molecular complexity index is 1330. The smallest absolute Gasteiger partial charge is 0.245 e. The molecule has 3 aromatic carbocycles. The van der Waals surface area contributed by atoms with E-state index in [0.29, 0.717) is 13.2 Å². The molecular weight excluding hydrogens is 442 g/mol. The van der Waals surface area contributed by atoms with E-state index in [0.717, 1.165) is 76.6 Å². The van der Waals surface area contributed by atoms with Gasteiger partial charge in [0.05, 0.1) is 26.4 Å². The van der Waals surface area contributed by atoms with E-state index >= 15 is 0 Å². The van der Waals surface area contributed by atoms with Gasteiger partial charge in [-0.2, -0.15) is 0 Å². The number of methoxy groups -OCH3 is 1. The number of fused-ring (bicyclic) bond motifs is 5. The van der Waals surface area contributed by atoms with Crippen LogP contribution in [0.4, 0.5) is 5.69 Å². The highest BCUT2D eigenvalue weighted by molar-refractivity contribution is 6.13. The lowest BCUT2D eigenvalue weighted by Gasteiger charge is -2.25. The number of hydrogen-bond acceptors (Lipinski definition) is 5. The molecule has 0 radical (unpaired) electrons. The van der Waals surface area contributed by atoms with Crippen molar-refractivity contribution in [3.8, 4) is 28.4 Å². The molecule has 4 heterocycles. The second kappa shape index (κ2) is 7.75. The highest BCUT2D eigenvalue weighted by Gasteiger charge is 2.58. The number of nitrogens with zero attached hydrogens (tertiary/aromatic N) is 1. The molecule has 0 bridgehead atoms. The molecule has 7 rings (SSSR count). The molecular formula is C29H27NO5. The molecule has 4 aliphatic heterocycles. The van der Waals surface area contributed by atoms with Crippen LogP contribution in [-0.2, 0) is 21.4 Å². The lowest BCUT2D eigenvalue weighted by molar-refractivity contribution is -0.122. The van der Waals surface area contributed by atoms with Crippen LogP contribution < -0.4 is 19.1 Å². The van der Waals surface area contributed by atoms with E-state index in [1.165, 1.54) is 0 Å². The fourth-order valence-electron chi connectivity index (χ4n) is 6.15. The lowest BCUT2D eigenvalue weighted by Crippen LogP contribution is -2.45. The van der Waals surface area contributed by atoms with Gasteiger partial charge in [-0.1, -0.05) is 24.3 Å². The van der Waals surface area contributed by atoms with E-state index in [2.05, 4.69) is 30.3 Å². The first-order valence-electron chi connectivity index (χ1n) is 12.3. The minimum absolute atomic E-state index is 0.0572. The maximum atomic E-state index is 14.5. The highest BCUT2D eigenvalue weighted by atomic mass is 16.5. The maximum absolute atomic E-state index is 14.5. The Morgan fingerprint density at radius 3 is 2.74 bits per heavy atom. The predicted octanol–water partition coefficient (Wildman–Crippen LogP) is 4.50. The Labute approximate surface area is 204 Å². The number of ether oxygens (including phenoxy) is 4. The predicted molar refractivity (Wildman–Crippen MR) is 132 cm³/mol. The van der Waals surface area contributed by atoms with Gasteiger partial charge in [-0.15, -0.1) is 0 Å². The zero-order valence-electron chi connectivity index (χ0n) is 19.7. The Balaban J connectivity index is 1.44. The summed E-state index contributed by atoms with van der Waals surface area (Å²) < 4.78 is 23.4. The summed E-state index contributed by atoms with van der Waals surface area (Å²) in [7, 11) is 1.67.